The number of pyridine rings is 1. The zero-order valence-electron chi connectivity index (χ0n) is 14.7. The van der Waals surface area contributed by atoms with E-state index in [0.717, 1.165) is 41.3 Å². The minimum absolute atomic E-state index is 0.866. The van der Waals surface area contributed by atoms with Crippen molar-refractivity contribution < 1.29 is 0 Å². The third kappa shape index (κ3) is 2.74. The molecule has 1 aliphatic heterocycles. The predicted octanol–water partition coefficient (Wildman–Crippen LogP) is 3.28. The van der Waals surface area contributed by atoms with E-state index in [1.807, 2.05) is 12.3 Å². The van der Waals surface area contributed by atoms with Crippen molar-refractivity contribution in [1.29, 1.82) is 0 Å². The lowest BCUT2D eigenvalue weighted by molar-refractivity contribution is 0.266. The number of rotatable bonds is 5. The highest BCUT2D eigenvalue weighted by molar-refractivity contribution is 5.71. The summed E-state index contributed by atoms with van der Waals surface area (Å²) in [6.45, 7) is 3.42. The zero-order chi connectivity index (χ0) is 16.8. The highest BCUT2D eigenvalue weighted by Gasteiger charge is 2.54. The zero-order valence-corrected chi connectivity index (χ0v) is 14.7. The summed E-state index contributed by atoms with van der Waals surface area (Å²) in [6.07, 6.45) is 4.40. The molecule has 2 aromatic heterocycles. The summed E-state index contributed by atoms with van der Waals surface area (Å²) in [7, 11) is 2.10. The molecule has 2 fully saturated rings. The molecule has 0 radical (unpaired) electrons. The molecule has 0 spiro atoms. The molecular formula is C21H24N4. The lowest BCUT2D eigenvalue weighted by atomic mass is 10.1. The van der Waals surface area contributed by atoms with Crippen LogP contribution in [0.15, 0.2) is 48.7 Å². The van der Waals surface area contributed by atoms with Crippen molar-refractivity contribution in [3.05, 3.63) is 60.0 Å². The minimum Gasteiger partial charge on any atom is -0.329 e. The molecule has 128 valence electrons. The average molecular weight is 332 g/mol. The van der Waals surface area contributed by atoms with Crippen molar-refractivity contribution in [3.63, 3.8) is 0 Å². The molecule has 1 aromatic carbocycles. The molecule has 4 heteroatoms. The summed E-state index contributed by atoms with van der Waals surface area (Å²) in [5.74, 6) is 3.91. The Bertz CT molecular complexity index is 873. The number of aromatic nitrogens is 3. The van der Waals surface area contributed by atoms with Crippen molar-refractivity contribution in [1.82, 2.24) is 19.4 Å². The van der Waals surface area contributed by atoms with Gasteiger partial charge in [0.1, 0.15) is 5.82 Å². The van der Waals surface area contributed by atoms with Crippen LogP contribution in [0.3, 0.4) is 0 Å². The second-order valence-electron chi connectivity index (χ2n) is 7.64. The maximum atomic E-state index is 4.72. The number of hydrogen-bond donors (Lipinski definition) is 0. The largest absolute Gasteiger partial charge is 0.329 e. The van der Waals surface area contributed by atoms with Gasteiger partial charge in [0.2, 0.25) is 0 Å². The average Bonchev–Trinajstić information content (AvgIpc) is 2.97. The van der Waals surface area contributed by atoms with Crippen LogP contribution in [0.1, 0.15) is 17.8 Å². The minimum atomic E-state index is 0.866. The summed E-state index contributed by atoms with van der Waals surface area (Å²) in [4.78, 5) is 11.7. The first-order valence-corrected chi connectivity index (χ1v) is 9.32. The van der Waals surface area contributed by atoms with Crippen LogP contribution in [-0.2, 0) is 20.0 Å². The van der Waals surface area contributed by atoms with E-state index in [1.165, 1.54) is 31.5 Å². The SMILES string of the molecule is Cn1c(CN2CC3C(CCc4ccccc4)C3C2)nc2ncccc21. The van der Waals surface area contributed by atoms with Crippen LogP contribution < -0.4 is 0 Å². The van der Waals surface area contributed by atoms with Crippen LogP contribution in [0.2, 0.25) is 0 Å². The van der Waals surface area contributed by atoms with E-state index in [4.69, 9.17) is 4.98 Å². The van der Waals surface area contributed by atoms with E-state index < -0.39 is 0 Å². The Labute approximate surface area is 148 Å². The van der Waals surface area contributed by atoms with Gasteiger partial charge < -0.3 is 4.57 Å². The first kappa shape index (κ1) is 15.1. The molecule has 3 heterocycles. The third-order valence-electron chi connectivity index (χ3n) is 6.17. The standard InChI is InChI=1S/C21H24N4/c1-24-19-8-5-11-22-21(19)23-20(24)14-25-12-17-16(18(17)13-25)10-9-15-6-3-2-4-7-15/h2-8,11,16-18H,9-10,12-14H2,1H3. The Morgan fingerprint density at radius 3 is 2.60 bits per heavy atom. The second-order valence-corrected chi connectivity index (χ2v) is 7.64. The Hall–Kier alpha value is -2.20. The number of nitrogens with zero attached hydrogens (tertiary/aromatic N) is 4. The second kappa shape index (κ2) is 5.95. The molecule has 1 saturated carbocycles. The first-order valence-electron chi connectivity index (χ1n) is 9.32. The molecule has 0 amide bonds. The number of aryl methyl sites for hydroxylation is 2. The number of likely N-dealkylation sites (tertiary alicyclic amines) is 1. The van der Waals surface area contributed by atoms with Gasteiger partial charge in [-0.15, -0.1) is 0 Å². The lowest BCUT2D eigenvalue weighted by Gasteiger charge is -2.19. The van der Waals surface area contributed by atoms with Crippen LogP contribution in [0.25, 0.3) is 11.2 Å². The number of piperidine rings is 1. The van der Waals surface area contributed by atoms with Gasteiger partial charge >= 0.3 is 0 Å². The van der Waals surface area contributed by atoms with Gasteiger partial charge in [0.15, 0.2) is 5.65 Å². The maximum Gasteiger partial charge on any atom is 0.177 e. The number of fused-ring (bicyclic) bond motifs is 2. The van der Waals surface area contributed by atoms with E-state index in [2.05, 4.69) is 57.9 Å². The van der Waals surface area contributed by atoms with Crippen molar-refractivity contribution in [2.75, 3.05) is 13.1 Å². The van der Waals surface area contributed by atoms with E-state index in [-0.39, 0.29) is 0 Å². The van der Waals surface area contributed by atoms with Crippen LogP contribution in [0, 0.1) is 17.8 Å². The van der Waals surface area contributed by atoms with Gasteiger partial charge in [0.25, 0.3) is 0 Å². The topological polar surface area (TPSA) is 34.0 Å². The molecule has 25 heavy (non-hydrogen) atoms. The molecule has 2 unspecified atom stereocenters. The molecule has 4 nitrogen and oxygen atoms in total. The van der Waals surface area contributed by atoms with Gasteiger partial charge in [-0.3, -0.25) is 4.90 Å². The van der Waals surface area contributed by atoms with E-state index in [1.54, 1.807) is 0 Å². The van der Waals surface area contributed by atoms with Crippen LogP contribution in [0.4, 0.5) is 0 Å². The predicted molar refractivity (Wildman–Crippen MR) is 99.0 cm³/mol. The molecular weight excluding hydrogens is 308 g/mol. The van der Waals surface area contributed by atoms with Gasteiger partial charge in [-0.1, -0.05) is 30.3 Å². The quantitative estimate of drug-likeness (QED) is 0.719. The molecule has 0 N–H and O–H groups in total. The lowest BCUT2D eigenvalue weighted by Crippen LogP contribution is -2.25. The fourth-order valence-corrected chi connectivity index (χ4v) is 4.69. The molecule has 2 aliphatic rings. The van der Waals surface area contributed by atoms with Crippen molar-refractivity contribution >= 4 is 11.2 Å². The van der Waals surface area contributed by atoms with Crippen LogP contribution in [-0.4, -0.2) is 32.5 Å². The smallest absolute Gasteiger partial charge is 0.177 e. The van der Waals surface area contributed by atoms with Gasteiger partial charge in [0, 0.05) is 26.3 Å². The maximum absolute atomic E-state index is 4.72. The highest BCUT2D eigenvalue weighted by Crippen LogP contribution is 2.54. The van der Waals surface area contributed by atoms with Gasteiger partial charge in [-0.25, -0.2) is 9.97 Å². The molecule has 3 aromatic rings. The van der Waals surface area contributed by atoms with E-state index in [0.29, 0.717) is 0 Å². The summed E-state index contributed by atoms with van der Waals surface area (Å²) in [5, 5.41) is 0. The van der Waals surface area contributed by atoms with E-state index >= 15 is 0 Å². The number of imidazole rings is 1. The van der Waals surface area contributed by atoms with Crippen molar-refractivity contribution in [2.24, 2.45) is 24.8 Å². The number of benzene rings is 1. The fraction of sp³-hybridized carbons (Fsp3) is 0.429. The van der Waals surface area contributed by atoms with E-state index in [9.17, 15) is 0 Å². The molecule has 1 aliphatic carbocycles. The molecule has 5 rings (SSSR count). The Balaban J connectivity index is 1.18. The van der Waals surface area contributed by atoms with Gasteiger partial charge in [0.05, 0.1) is 12.1 Å². The Morgan fingerprint density at radius 1 is 1.04 bits per heavy atom. The van der Waals surface area contributed by atoms with Gasteiger partial charge in [-0.2, -0.15) is 0 Å². The third-order valence-corrected chi connectivity index (χ3v) is 6.17. The Kier molecular flexibility index (Phi) is 3.59. The molecule has 2 atom stereocenters. The molecule has 0 bridgehead atoms. The fourth-order valence-electron chi connectivity index (χ4n) is 4.69. The summed E-state index contributed by atoms with van der Waals surface area (Å²) in [5.41, 5.74) is 3.48. The van der Waals surface area contributed by atoms with Crippen molar-refractivity contribution in [2.45, 2.75) is 19.4 Å². The van der Waals surface area contributed by atoms with Gasteiger partial charge in [-0.05, 0) is 48.3 Å². The normalized spacial score (nSPS) is 25.4. The highest BCUT2D eigenvalue weighted by atomic mass is 15.2. The Morgan fingerprint density at radius 2 is 1.84 bits per heavy atom. The number of hydrogen-bond acceptors (Lipinski definition) is 3. The monoisotopic (exact) mass is 332 g/mol. The summed E-state index contributed by atoms with van der Waals surface area (Å²) < 4.78 is 2.19. The van der Waals surface area contributed by atoms with Crippen LogP contribution in [0.5, 0.6) is 0 Å². The van der Waals surface area contributed by atoms with Crippen LogP contribution >= 0.6 is 0 Å². The first-order chi connectivity index (χ1) is 12.3. The summed E-state index contributed by atoms with van der Waals surface area (Å²) in [6, 6.07) is 15.0. The molecule has 1 saturated heterocycles. The summed E-state index contributed by atoms with van der Waals surface area (Å²) >= 11 is 0. The van der Waals surface area contributed by atoms with Crippen molar-refractivity contribution in [3.8, 4) is 0 Å².